The fourth-order valence-electron chi connectivity index (χ4n) is 8.55. The number of allylic oxidation sites excluding steroid dienone is 5. The van der Waals surface area contributed by atoms with Gasteiger partial charge in [-0.15, -0.1) is 0 Å². The molecule has 3 N–H and O–H groups in total. The van der Waals surface area contributed by atoms with Crippen LogP contribution in [0.25, 0.3) is 0 Å². The molecule has 0 radical (unpaired) electrons. The summed E-state index contributed by atoms with van der Waals surface area (Å²) >= 11 is 0. The number of hydrogen-bond donors (Lipinski definition) is 3. The Morgan fingerprint density at radius 1 is 0.438 bits per heavy atom. The maximum atomic E-state index is 12.5. The highest BCUT2D eigenvalue weighted by molar-refractivity contribution is 5.76. The van der Waals surface area contributed by atoms with Crippen LogP contribution in [0.2, 0.25) is 0 Å². The smallest absolute Gasteiger partial charge is 0.305 e. The highest BCUT2D eigenvalue weighted by Gasteiger charge is 2.18. The predicted octanol–water partition coefficient (Wildman–Crippen LogP) is 17.2. The van der Waals surface area contributed by atoms with Crippen molar-refractivity contribution in [1.82, 2.24) is 5.32 Å². The molecule has 6 nitrogen and oxygen atoms in total. The van der Waals surface area contributed by atoms with Crippen LogP contribution in [-0.2, 0) is 14.3 Å². The summed E-state index contributed by atoms with van der Waals surface area (Å²) in [6.45, 7) is 4.86. The van der Waals surface area contributed by atoms with Crippen LogP contribution < -0.4 is 5.32 Å². The molecule has 6 heteroatoms. The standard InChI is InChI=1S/C58H109NO5/c1-3-5-7-9-11-13-15-17-19-21-22-24-28-32-36-40-44-48-52-58(63)64-53-49-45-41-37-33-29-25-27-31-35-39-43-47-51-57(62)59-55(54-60)56(61)50-46-42-38-34-30-26-23-20-18-16-14-12-10-8-6-4-2/h13,15,19,21,46,50,55-56,60-61H,3-12,14,16-18,20,22-45,47-49,51-54H2,1-2H3,(H,59,62)/b15-13-,21-19-,50-46+. The molecule has 0 saturated heterocycles. The van der Waals surface area contributed by atoms with Gasteiger partial charge in [-0.2, -0.15) is 0 Å². The highest BCUT2D eigenvalue weighted by Crippen LogP contribution is 2.16. The van der Waals surface area contributed by atoms with Crippen molar-refractivity contribution in [2.45, 2.75) is 309 Å². The van der Waals surface area contributed by atoms with Gasteiger partial charge in [0.1, 0.15) is 0 Å². The lowest BCUT2D eigenvalue weighted by Crippen LogP contribution is -2.45. The first-order valence-corrected chi connectivity index (χ1v) is 28.3. The SMILES string of the molecule is CCCCCC/C=C\C/C=C\CCCCCCCCCC(=O)OCCCCCCCCCCCCCCCC(=O)NC(CO)C(O)/C=C/CCCCCCCCCCCCCCCC. The van der Waals surface area contributed by atoms with Gasteiger partial charge < -0.3 is 20.3 Å². The molecule has 376 valence electrons. The number of aliphatic hydroxyl groups is 2. The third-order valence-electron chi connectivity index (χ3n) is 12.9. The number of esters is 1. The molecule has 0 bridgehead atoms. The Morgan fingerprint density at radius 3 is 1.20 bits per heavy atom. The van der Waals surface area contributed by atoms with Gasteiger partial charge in [0, 0.05) is 12.8 Å². The number of aliphatic hydroxyl groups excluding tert-OH is 2. The van der Waals surface area contributed by atoms with Crippen LogP contribution in [0.15, 0.2) is 36.5 Å². The third kappa shape index (κ3) is 49.5. The summed E-state index contributed by atoms with van der Waals surface area (Å²) in [5.74, 6) is -0.0947. The first kappa shape index (κ1) is 62.1. The van der Waals surface area contributed by atoms with E-state index in [2.05, 4.69) is 43.5 Å². The summed E-state index contributed by atoms with van der Waals surface area (Å²) in [5.41, 5.74) is 0. The number of unbranched alkanes of at least 4 members (excludes halogenated alkanes) is 37. The van der Waals surface area contributed by atoms with Gasteiger partial charge in [0.25, 0.3) is 0 Å². The molecule has 0 aromatic carbocycles. The molecule has 0 heterocycles. The Labute approximate surface area is 398 Å². The second kappa shape index (κ2) is 53.7. The molecule has 0 aromatic heterocycles. The molecule has 0 rings (SSSR count). The van der Waals surface area contributed by atoms with Gasteiger partial charge in [0.2, 0.25) is 5.91 Å². The fourth-order valence-corrected chi connectivity index (χ4v) is 8.55. The maximum Gasteiger partial charge on any atom is 0.305 e. The fraction of sp³-hybridized carbons (Fsp3) is 0.862. The van der Waals surface area contributed by atoms with E-state index in [-0.39, 0.29) is 18.5 Å². The first-order chi connectivity index (χ1) is 31.5. The summed E-state index contributed by atoms with van der Waals surface area (Å²) in [7, 11) is 0. The van der Waals surface area contributed by atoms with Crippen LogP contribution in [-0.4, -0.2) is 47.4 Å². The lowest BCUT2D eigenvalue weighted by Gasteiger charge is -2.20. The van der Waals surface area contributed by atoms with E-state index in [0.29, 0.717) is 19.4 Å². The van der Waals surface area contributed by atoms with Gasteiger partial charge in [-0.1, -0.05) is 256 Å². The molecule has 0 aliphatic heterocycles. The molecule has 2 atom stereocenters. The van der Waals surface area contributed by atoms with E-state index < -0.39 is 12.1 Å². The van der Waals surface area contributed by atoms with Crippen LogP contribution in [0.1, 0.15) is 296 Å². The van der Waals surface area contributed by atoms with Crippen molar-refractivity contribution in [3.05, 3.63) is 36.5 Å². The second-order valence-corrected chi connectivity index (χ2v) is 19.3. The Kier molecular flexibility index (Phi) is 52.1. The zero-order valence-electron chi connectivity index (χ0n) is 42.8. The summed E-state index contributed by atoms with van der Waals surface area (Å²) in [6, 6.07) is -0.638. The molecule has 2 unspecified atom stereocenters. The normalized spacial score (nSPS) is 12.9. The molecule has 0 aliphatic carbocycles. The average molecular weight is 901 g/mol. The van der Waals surface area contributed by atoms with Crippen LogP contribution in [0, 0.1) is 0 Å². The third-order valence-corrected chi connectivity index (χ3v) is 12.9. The Bertz CT molecular complexity index is 1040. The quantitative estimate of drug-likeness (QED) is 0.0321. The molecule has 0 saturated carbocycles. The molecule has 1 amide bonds. The van der Waals surface area contributed by atoms with Gasteiger partial charge >= 0.3 is 5.97 Å². The second-order valence-electron chi connectivity index (χ2n) is 19.3. The van der Waals surface area contributed by atoms with Crippen LogP contribution in [0.5, 0.6) is 0 Å². The van der Waals surface area contributed by atoms with Gasteiger partial charge in [0.15, 0.2) is 0 Å². The van der Waals surface area contributed by atoms with Gasteiger partial charge in [0.05, 0.1) is 25.4 Å². The van der Waals surface area contributed by atoms with Gasteiger partial charge in [-0.05, 0) is 64.2 Å². The van der Waals surface area contributed by atoms with E-state index in [4.69, 9.17) is 4.74 Å². The van der Waals surface area contributed by atoms with E-state index in [1.807, 2.05) is 6.08 Å². The average Bonchev–Trinajstić information content (AvgIpc) is 3.29. The van der Waals surface area contributed by atoms with Crippen molar-refractivity contribution in [3.8, 4) is 0 Å². The van der Waals surface area contributed by atoms with Crippen molar-refractivity contribution in [1.29, 1.82) is 0 Å². The van der Waals surface area contributed by atoms with E-state index in [1.165, 1.54) is 205 Å². The Morgan fingerprint density at radius 2 is 0.781 bits per heavy atom. The van der Waals surface area contributed by atoms with Crippen molar-refractivity contribution in [3.63, 3.8) is 0 Å². The number of carbonyl (C=O) groups is 2. The number of carbonyl (C=O) groups excluding carboxylic acids is 2. The molecular formula is C58H109NO5. The number of rotatable bonds is 52. The monoisotopic (exact) mass is 900 g/mol. The van der Waals surface area contributed by atoms with Gasteiger partial charge in [-0.3, -0.25) is 9.59 Å². The molecule has 0 aromatic rings. The zero-order chi connectivity index (χ0) is 46.5. The van der Waals surface area contributed by atoms with Crippen molar-refractivity contribution in [2.75, 3.05) is 13.2 Å². The van der Waals surface area contributed by atoms with Crippen molar-refractivity contribution >= 4 is 11.9 Å². The summed E-state index contributed by atoms with van der Waals surface area (Å²) in [6.07, 6.45) is 65.8. The molecular weight excluding hydrogens is 791 g/mol. The molecule has 0 aliphatic rings. The number of hydrogen-bond acceptors (Lipinski definition) is 5. The maximum absolute atomic E-state index is 12.5. The molecule has 0 fully saturated rings. The predicted molar refractivity (Wildman–Crippen MR) is 278 cm³/mol. The topological polar surface area (TPSA) is 95.9 Å². The first-order valence-electron chi connectivity index (χ1n) is 28.3. The van der Waals surface area contributed by atoms with Crippen molar-refractivity contribution < 1.29 is 24.5 Å². The largest absolute Gasteiger partial charge is 0.466 e. The van der Waals surface area contributed by atoms with E-state index in [9.17, 15) is 19.8 Å². The van der Waals surface area contributed by atoms with E-state index >= 15 is 0 Å². The minimum Gasteiger partial charge on any atom is -0.466 e. The van der Waals surface area contributed by atoms with Crippen molar-refractivity contribution in [2.24, 2.45) is 0 Å². The van der Waals surface area contributed by atoms with E-state index in [0.717, 1.165) is 64.2 Å². The van der Waals surface area contributed by atoms with Gasteiger partial charge in [-0.25, -0.2) is 0 Å². The summed E-state index contributed by atoms with van der Waals surface area (Å²) < 4.78 is 5.47. The number of amides is 1. The minimum atomic E-state index is -0.854. The van der Waals surface area contributed by atoms with Crippen LogP contribution in [0.4, 0.5) is 0 Å². The summed E-state index contributed by atoms with van der Waals surface area (Å²) in [4.78, 5) is 24.5. The lowest BCUT2D eigenvalue weighted by atomic mass is 10.0. The Balaban J connectivity index is 3.48. The Hall–Kier alpha value is -1.92. The van der Waals surface area contributed by atoms with E-state index in [1.54, 1.807) is 6.08 Å². The van der Waals surface area contributed by atoms with Crippen LogP contribution in [0.3, 0.4) is 0 Å². The molecule has 0 spiro atoms. The van der Waals surface area contributed by atoms with Crippen LogP contribution >= 0.6 is 0 Å². The summed E-state index contributed by atoms with van der Waals surface area (Å²) in [5, 5.41) is 23.1. The number of ether oxygens (including phenoxy) is 1. The zero-order valence-corrected chi connectivity index (χ0v) is 42.8. The number of nitrogens with one attached hydrogen (secondary N) is 1. The highest BCUT2D eigenvalue weighted by atomic mass is 16.5. The molecule has 64 heavy (non-hydrogen) atoms. The minimum absolute atomic E-state index is 0.0143. The lowest BCUT2D eigenvalue weighted by molar-refractivity contribution is -0.143.